The van der Waals surface area contributed by atoms with Gasteiger partial charge in [-0.3, -0.25) is 9.69 Å². The summed E-state index contributed by atoms with van der Waals surface area (Å²) < 4.78 is 0. The van der Waals surface area contributed by atoms with Crippen LogP contribution < -0.4 is 5.32 Å². The molecule has 82 valence electrons. The molecule has 14 heavy (non-hydrogen) atoms. The Morgan fingerprint density at radius 2 is 2.36 bits per heavy atom. The lowest BCUT2D eigenvalue weighted by molar-refractivity contribution is -0.121. The largest absolute Gasteiger partial charge is 0.341 e. The second kappa shape index (κ2) is 6.25. The number of halogens is 1. The van der Waals surface area contributed by atoms with Crippen molar-refractivity contribution >= 4 is 17.5 Å². The summed E-state index contributed by atoms with van der Waals surface area (Å²) in [5, 5.41) is 2.98. The summed E-state index contributed by atoms with van der Waals surface area (Å²) in [5.41, 5.74) is 0. The summed E-state index contributed by atoms with van der Waals surface area (Å²) in [6, 6.07) is 0. The van der Waals surface area contributed by atoms with Gasteiger partial charge in [0.1, 0.15) is 0 Å². The number of piperidine rings is 1. The van der Waals surface area contributed by atoms with E-state index in [-0.39, 0.29) is 12.1 Å². The van der Waals surface area contributed by atoms with Gasteiger partial charge in [0, 0.05) is 25.9 Å². The van der Waals surface area contributed by atoms with Crippen molar-refractivity contribution in [1.82, 2.24) is 10.2 Å². The number of likely N-dealkylation sites (tertiary alicyclic amines) is 1. The van der Waals surface area contributed by atoms with Gasteiger partial charge in [-0.25, -0.2) is 0 Å². The summed E-state index contributed by atoms with van der Waals surface area (Å²) in [4.78, 5) is 13.3. The van der Waals surface area contributed by atoms with E-state index in [0.29, 0.717) is 5.88 Å². The molecule has 1 fully saturated rings. The minimum absolute atomic E-state index is 0.0628. The Labute approximate surface area is 90.8 Å². The van der Waals surface area contributed by atoms with Gasteiger partial charge in [-0.1, -0.05) is 0 Å². The molecule has 1 atom stereocenters. The number of alkyl halides is 1. The third-order valence-corrected chi connectivity index (χ3v) is 2.83. The van der Waals surface area contributed by atoms with Crippen molar-refractivity contribution in [3.63, 3.8) is 0 Å². The van der Waals surface area contributed by atoms with Crippen LogP contribution in [0.4, 0.5) is 0 Å². The van der Waals surface area contributed by atoms with Gasteiger partial charge in [-0.15, -0.1) is 11.6 Å². The molecule has 0 aliphatic carbocycles. The van der Waals surface area contributed by atoms with Gasteiger partial charge in [-0.2, -0.15) is 0 Å². The average Bonchev–Trinajstić information content (AvgIpc) is 2.16. The first-order valence-corrected chi connectivity index (χ1v) is 5.84. The summed E-state index contributed by atoms with van der Waals surface area (Å²) in [7, 11) is 0. The quantitative estimate of drug-likeness (QED) is 0.727. The van der Waals surface area contributed by atoms with Crippen LogP contribution in [0.15, 0.2) is 0 Å². The molecule has 0 bridgehead atoms. The van der Waals surface area contributed by atoms with Gasteiger partial charge >= 0.3 is 0 Å². The van der Waals surface area contributed by atoms with E-state index in [9.17, 15) is 4.79 Å². The molecule has 1 aliphatic heterocycles. The van der Waals surface area contributed by atoms with Crippen molar-refractivity contribution < 1.29 is 4.79 Å². The lowest BCUT2D eigenvalue weighted by Crippen LogP contribution is -2.50. The van der Waals surface area contributed by atoms with Crippen LogP contribution in [0.5, 0.6) is 0 Å². The number of nitrogens with zero attached hydrogens (tertiary/aromatic N) is 1. The van der Waals surface area contributed by atoms with Gasteiger partial charge in [0.15, 0.2) is 0 Å². The van der Waals surface area contributed by atoms with Crippen molar-refractivity contribution in [2.24, 2.45) is 0 Å². The molecular formula is C10H19ClN2O. The molecule has 1 aliphatic rings. The van der Waals surface area contributed by atoms with E-state index in [2.05, 4.69) is 10.2 Å². The summed E-state index contributed by atoms with van der Waals surface area (Å²) >= 11 is 5.66. The zero-order valence-corrected chi connectivity index (χ0v) is 9.52. The van der Waals surface area contributed by atoms with E-state index in [4.69, 9.17) is 11.6 Å². The van der Waals surface area contributed by atoms with Crippen molar-refractivity contribution in [1.29, 1.82) is 0 Å². The molecule has 0 aromatic carbocycles. The van der Waals surface area contributed by atoms with Gasteiger partial charge in [0.05, 0.1) is 6.17 Å². The van der Waals surface area contributed by atoms with Crippen LogP contribution in [0.1, 0.15) is 32.6 Å². The minimum Gasteiger partial charge on any atom is -0.341 e. The van der Waals surface area contributed by atoms with Gasteiger partial charge in [0.25, 0.3) is 0 Å². The molecule has 0 aromatic heterocycles. The topological polar surface area (TPSA) is 32.3 Å². The highest BCUT2D eigenvalue weighted by molar-refractivity contribution is 6.17. The normalized spacial score (nSPS) is 23.4. The fourth-order valence-electron chi connectivity index (χ4n) is 1.92. The molecule has 1 amide bonds. The molecule has 1 rings (SSSR count). The molecule has 1 unspecified atom stereocenters. The van der Waals surface area contributed by atoms with E-state index in [1.54, 1.807) is 6.92 Å². The highest BCUT2D eigenvalue weighted by atomic mass is 35.5. The molecule has 1 N–H and O–H groups in total. The molecular weight excluding hydrogens is 200 g/mol. The van der Waals surface area contributed by atoms with E-state index in [0.717, 1.165) is 25.9 Å². The van der Waals surface area contributed by atoms with E-state index in [1.165, 1.54) is 12.8 Å². The maximum atomic E-state index is 11.0. The van der Waals surface area contributed by atoms with Crippen molar-refractivity contribution in [2.45, 2.75) is 38.8 Å². The third kappa shape index (κ3) is 3.84. The molecule has 0 spiro atoms. The van der Waals surface area contributed by atoms with E-state index in [1.807, 2.05) is 0 Å². The van der Waals surface area contributed by atoms with Gasteiger partial charge < -0.3 is 5.32 Å². The predicted octanol–water partition coefficient (Wildman–Crippen LogP) is 1.56. The van der Waals surface area contributed by atoms with Crippen molar-refractivity contribution in [2.75, 3.05) is 19.0 Å². The Kier molecular flexibility index (Phi) is 5.26. The smallest absolute Gasteiger partial charge is 0.218 e. The lowest BCUT2D eigenvalue weighted by Gasteiger charge is -2.35. The first kappa shape index (κ1) is 11.8. The maximum Gasteiger partial charge on any atom is 0.218 e. The average molecular weight is 219 g/mol. The second-order valence-corrected chi connectivity index (χ2v) is 4.17. The molecule has 1 saturated heterocycles. The molecule has 0 radical (unpaired) electrons. The van der Waals surface area contributed by atoms with Crippen LogP contribution in [0.25, 0.3) is 0 Å². The minimum atomic E-state index is 0.0628. The Bertz CT molecular complexity index is 187. The first-order chi connectivity index (χ1) is 6.74. The highest BCUT2D eigenvalue weighted by Gasteiger charge is 2.21. The van der Waals surface area contributed by atoms with E-state index < -0.39 is 0 Å². The standard InChI is InChI=1S/C10H19ClN2O/c1-9(14)12-10-5-2-3-7-13(10)8-4-6-11/h10H,2-8H2,1H3,(H,12,14). The number of carbonyl (C=O) groups is 1. The molecule has 1 heterocycles. The maximum absolute atomic E-state index is 11.0. The van der Waals surface area contributed by atoms with Gasteiger partial charge in [-0.05, 0) is 25.7 Å². The Hall–Kier alpha value is -0.280. The summed E-state index contributed by atoms with van der Waals surface area (Å²) in [5.74, 6) is 0.760. The van der Waals surface area contributed by atoms with Crippen LogP contribution in [0.3, 0.4) is 0 Å². The molecule has 4 heteroatoms. The number of amides is 1. The number of hydrogen-bond acceptors (Lipinski definition) is 2. The monoisotopic (exact) mass is 218 g/mol. The number of nitrogens with one attached hydrogen (secondary N) is 1. The highest BCUT2D eigenvalue weighted by Crippen LogP contribution is 2.15. The van der Waals surface area contributed by atoms with Crippen molar-refractivity contribution in [3.05, 3.63) is 0 Å². The molecule has 0 aromatic rings. The van der Waals surface area contributed by atoms with Crippen molar-refractivity contribution in [3.8, 4) is 0 Å². The Morgan fingerprint density at radius 1 is 1.57 bits per heavy atom. The van der Waals surface area contributed by atoms with Gasteiger partial charge in [0.2, 0.25) is 5.91 Å². The Morgan fingerprint density at radius 3 is 3.00 bits per heavy atom. The second-order valence-electron chi connectivity index (χ2n) is 3.79. The van der Waals surface area contributed by atoms with Crippen LogP contribution in [0.2, 0.25) is 0 Å². The summed E-state index contributed by atoms with van der Waals surface area (Å²) in [6.45, 7) is 3.66. The third-order valence-electron chi connectivity index (χ3n) is 2.56. The zero-order chi connectivity index (χ0) is 10.4. The summed E-state index contributed by atoms with van der Waals surface area (Å²) in [6.07, 6.45) is 4.75. The SMILES string of the molecule is CC(=O)NC1CCCCN1CCCCl. The number of hydrogen-bond donors (Lipinski definition) is 1. The first-order valence-electron chi connectivity index (χ1n) is 5.31. The van der Waals surface area contributed by atoms with E-state index >= 15 is 0 Å². The van der Waals surface area contributed by atoms with Crippen LogP contribution >= 0.6 is 11.6 Å². The van der Waals surface area contributed by atoms with Crippen LogP contribution in [-0.2, 0) is 4.79 Å². The number of rotatable bonds is 4. The molecule has 0 saturated carbocycles. The number of carbonyl (C=O) groups excluding carboxylic acids is 1. The zero-order valence-electron chi connectivity index (χ0n) is 8.76. The fourth-order valence-corrected chi connectivity index (χ4v) is 2.04. The lowest BCUT2D eigenvalue weighted by atomic mass is 10.1. The Balaban J connectivity index is 2.37. The predicted molar refractivity (Wildman–Crippen MR) is 58.4 cm³/mol. The molecule has 3 nitrogen and oxygen atoms in total. The van der Waals surface area contributed by atoms with Crippen LogP contribution in [-0.4, -0.2) is 35.9 Å². The van der Waals surface area contributed by atoms with Crippen LogP contribution in [0, 0.1) is 0 Å². The fraction of sp³-hybridized carbons (Fsp3) is 0.900.